The first-order valence-electron chi connectivity index (χ1n) is 8.19. The Morgan fingerprint density at radius 2 is 2.33 bits per heavy atom. The van der Waals surface area contributed by atoms with Crippen LogP contribution < -0.4 is 10.2 Å². The molecule has 6 heteroatoms. The van der Waals surface area contributed by atoms with E-state index in [1.165, 1.54) is 0 Å². The Kier molecular flexibility index (Phi) is 4.80. The highest BCUT2D eigenvalue weighted by Gasteiger charge is 2.25. The number of nitrogens with one attached hydrogen (secondary N) is 1. The van der Waals surface area contributed by atoms with Crippen LogP contribution in [0.15, 0.2) is 30.5 Å². The molecule has 0 aliphatic carbocycles. The van der Waals surface area contributed by atoms with E-state index in [1.54, 1.807) is 13.1 Å². The Morgan fingerprint density at radius 3 is 3.12 bits per heavy atom. The number of piperidine rings is 1. The van der Waals surface area contributed by atoms with Crippen LogP contribution in [0.5, 0.6) is 0 Å². The monoisotopic (exact) mass is 324 g/mol. The van der Waals surface area contributed by atoms with Crippen LogP contribution in [0, 0.1) is 11.3 Å². The minimum atomic E-state index is -0.385. The maximum atomic E-state index is 11.7. The molecule has 6 nitrogen and oxygen atoms in total. The van der Waals surface area contributed by atoms with Crippen LogP contribution in [0.25, 0.3) is 10.9 Å². The summed E-state index contributed by atoms with van der Waals surface area (Å²) < 4.78 is 4.97. The van der Waals surface area contributed by atoms with Crippen molar-refractivity contribution in [2.75, 3.05) is 24.6 Å². The molecule has 1 aliphatic rings. The molecule has 1 N–H and O–H groups in total. The van der Waals surface area contributed by atoms with Gasteiger partial charge in [0.05, 0.1) is 23.4 Å². The summed E-state index contributed by atoms with van der Waals surface area (Å²) in [6, 6.07) is 10.1. The number of amides is 1. The summed E-state index contributed by atoms with van der Waals surface area (Å²) in [5.74, 6) is 0. The van der Waals surface area contributed by atoms with Crippen molar-refractivity contribution in [3.05, 3.63) is 36.0 Å². The second kappa shape index (κ2) is 7.18. The Labute approximate surface area is 141 Å². The molecule has 1 amide bonds. The van der Waals surface area contributed by atoms with Crippen LogP contribution in [0.1, 0.15) is 25.3 Å². The summed E-state index contributed by atoms with van der Waals surface area (Å²) in [5, 5.41) is 13.4. The number of nitrogens with zero attached hydrogens (tertiary/aromatic N) is 3. The van der Waals surface area contributed by atoms with Crippen LogP contribution in [0.4, 0.5) is 10.5 Å². The number of aromatic nitrogens is 1. The van der Waals surface area contributed by atoms with E-state index in [2.05, 4.69) is 21.3 Å². The van der Waals surface area contributed by atoms with Gasteiger partial charge in [0.15, 0.2) is 0 Å². The zero-order valence-electron chi connectivity index (χ0n) is 13.7. The topological polar surface area (TPSA) is 78.2 Å². The molecule has 0 saturated carbocycles. The summed E-state index contributed by atoms with van der Waals surface area (Å²) in [7, 11) is 0. The quantitative estimate of drug-likeness (QED) is 0.939. The number of ether oxygens (including phenoxy) is 1. The molecule has 1 aliphatic heterocycles. The molecule has 1 aromatic heterocycles. The van der Waals surface area contributed by atoms with Gasteiger partial charge in [-0.25, -0.2) is 4.79 Å². The van der Waals surface area contributed by atoms with Gasteiger partial charge in [0, 0.05) is 30.7 Å². The number of pyridine rings is 1. The summed E-state index contributed by atoms with van der Waals surface area (Å²) in [5.41, 5.74) is 2.33. The van der Waals surface area contributed by atoms with Crippen molar-refractivity contribution in [1.82, 2.24) is 10.3 Å². The van der Waals surface area contributed by atoms with Crippen molar-refractivity contribution in [3.8, 4) is 6.07 Å². The Hall–Kier alpha value is -2.81. The SMILES string of the molecule is CCOC(=O)NC1CCCN(c2c(C#N)cnc3ccccc23)C1. The van der Waals surface area contributed by atoms with Gasteiger partial charge in [-0.3, -0.25) is 4.98 Å². The molecule has 1 saturated heterocycles. The minimum absolute atomic E-state index is 0.0104. The van der Waals surface area contributed by atoms with Crippen molar-refractivity contribution < 1.29 is 9.53 Å². The van der Waals surface area contributed by atoms with Gasteiger partial charge < -0.3 is 15.0 Å². The standard InChI is InChI=1S/C18H20N4O2/c1-2-24-18(23)21-14-6-5-9-22(12-14)17-13(10-19)11-20-16-8-4-3-7-15(16)17/h3-4,7-8,11,14H,2,5-6,9,12H2,1H3,(H,21,23). The molecule has 0 bridgehead atoms. The van der Waals surface area contributed by atoms with Crippen molar-refractivity contribution in [3.63, 3.8) is 0 Å². The van der Waals surface area contributed by atoms with Gasteiger partial charge in [-0.05, 0) is 25.8 Å². The van der Waals surface area contributed by atoms with E-state index in [0.29, 0.717) is 18.7 Å². The number of carbonyl (C=O) groups excluding carboxylic acids is 1. The average molecular weight is 324 g/mol. The predicted octanol–water partition coefficient (Wildman–Crippen LogP) is 2.82. The number of hydrogen-bond acceptors (Lipinski definition) is 5. The summed E-state index contributed by atoms with van der Waals surface area (Å²) in [4.78, 5) is 18.2. The van der Waals surface area contributed by atoms with E-state index in [-0.39, 0.29) is 12.1 Å². The van der Waals surface area contributed by atoms with Crippen molar-refractivity contribution >= 4 is 22.7 Å². The fourth-order valence-corrected chi connectivity index (χ4v) is 3.19. The van der Waals surface area contributed by atoms with Gasteiger partial charge in [0.1, 0.15) is 6.07 Å². The van der Waals surface area contributed by atoms with Crippen LogP contribution >= 0.6 is 0 Å². The van der Waals surface area contributed by atoms with Gasteiger partial charge in [0.25, 0.3) is 0 Å². The van der Waals surface area contributed by atoms with Gasteiger partial charge in [-0.15, -0.1) is 0 Å². The molecule has 2 aromatic rings. The minimum Gasteiger partial charge on any atom is -0.450 e. The first-order chi connectivity index (χ1) is 11.7. The van der Waals surface area contributed by atoms with Crippen LogP contribution in [0.3, 0.4) is 0 Å². The number of anilines is 1. The molecule has 0 radical (unpaired) electrons. The number of para-hydroxylation sites is 1. The lowest BCUT2D eigenvalue weighted by Crippen LogP contribution is -2.48. The molecule has 1 fully saturated rings. The number of fused-ring (bicyclic) bond motifs is 1. The molecule has 1 unspecified atom stereocenters. The van der Waals surface area contributed by atoms with Crippen LogP contribution in [-0.4, -0.2) is 36.8 Å². The molecule has 124 valence electrons. The van der Waals surface area contributed by atoms with Gasteiger partial charge >= 0.3 is 6.09 Å². The van der Waals surface area contributed by atoms with Crippen LogP contribution in [-0.2, 0) is 4.74 Å². The molecule has 1 atom stereocenters. The van der Waals surface area contributed by atoms with Crippen molar-refractivity contribution in [1.29, 1.82) is 5.26 Å². The second-order valence-corrected chi connectivity index (χ2v) is 5.80. The summed E-state index contributed by atoms with van der Waals surface area (Å²) in [6.45, 7) is 3.65. The molecular formula is C18H20N4O2. The number of hydrogen-bond donors (Lipinski definition) is 1. The van der Waals surface area contributed by atoms with Crippen molar-refractivity contribution in [2.45, 2.75) is 25.8 Å². The molecule has 3 rings (SSSR count). The molecule has 1 aromatic carbocycles. The van der Waals surface area contributed by atoms with E-state index in [4.69, 9.17) is 4.74 Å². The van der Waals surface area contributed by atoms with Gasteiger partial charge in [-0.1, -0.05) is 18.2 Å². The lowest BCUT2D eigenvalue weighted by atomic mass is 10.0. The third-order valence-corrected chi connectivity index (χ3v) is 4.20. The molecular weight excluding hydrogens is 304 g/mol. The number of nitriles is 1. The lowest BCUT2D eigenvalue weighted by Gasteiger charge is -2.35. The fraction of sp³-hybridized carbons (Fsp3) is 0.389. The highest BCUT2D eigenvalue weighted by atomic mass is 16.5. The third kappa shape index (κ3) is 3.25. The van der Waals surface area contributed by atoms with Gasteiger partial charge in [-0.2, -0.15) is 5.26 Å². The summed E-state index contributed by atoms with van der Waals surface area (Å²) >= 11 is 0. The number of carbonyl (C=O) groups is 1. The third-order valence-electron chi connectivity index (χ3n) is 4.20. The number of rotatable bonds is 3. The van der Waals surface area contributed by atoms with E-state index >= 15 is 0 Å². The Balaban J connectivity index is 1.89. The largest absolute Gasteiger partial charge is 0.450 e. The second-order valence-electron chi connectivity index (χ2n) is 5.80. The van der Waals surface area contributed by atoms with Crippen LogP contribution in [0.2, 0.25) is 0 Å². The van der Waals surface area contributed by atoms with E-state index < -0.39 is 0 Å². The molecule has 0 spiro atoms. The van der Waals surface area contributed by atoms with E-state index in [0.717, 1.165) is 36.0 Å². The Bertz CT molecular complexity index is 784. The Morgan fingerprint density at radius 1 is 1.50 bits per heavy atom. The zero-order valence-corrected chi connectivity index (χ0v) is 13.7. The van der Waals surface area contributed by atoms with Gasteiger partial charge in [0.2, 0.25) is 0 Å². The normalized spacial score (nSPS) is 17.3. The lowest BCUT2D eigenvalue weighted by molar-refractivity contribution is 0.146. The highest BCUT2D eigenvalue weighted by molar-refractivity contribution is 5.94. The van der Waals surface area contributed by atoms with E-state index in [1.807, 2.05) is 24.3 Å². The smallest absolute Gasteiger partial charge is 0.407 e. The van der Waals surface area contributed by atoms with Crippen molar-refractivity contribution in [2.24, 2.45) is 0 Å². The predicted molar refractivity (Wildman–Crippen MR) is 91.9 cm³/mol. The number of alkyl carbamates (subject to hydrolysis) is 1. The number of benzene rings is 1. The maximum absolute atomic E-state index is 11.7. The molecule has 2 heterocycles. The molecule has 24 heavy (non-hydrogen) atoms. The fourth-order valence-electron chi connectivity index (χ4n) is 3.19. The highest BCUT2D eigenvalue weighted by Crippen LogP contribution is 2.31. The van der Waals surface area contributed by atoms with E-state index in [9.17, 15) is 10.1 Å². The zero-order chi connectivity index (χ0) is 16.9. The first-order valence-corrected chi connectivity index (χ1v) is 8.19. The maximum Gasteiger partial charge on any atom is 0.407 e. The first kappa shape index (κ1) is 16.1. The average Bonchev–Trinajstić information content (AvgIpc) is 2.61. The summed E-state index contributed by atoms with van der Waals surface area (Å²) in [6.07, 6.45) is 3.09.